The van der Waals surface area contributed by atoms with Gasteiger partial charge in [-0.25, -0.2) is 0 Å². The van der Waals surface area contributed by atoms with Crippen molar-refractivity contribution in [3.8, 4) is 11.5 Å². The normalized spacial score (nSPS) is 17.7. The molecule has 0 aromatic heterocycles. The Bertz CT molecular complexity index is 1140. The highest BCUT2D eigenvalue weighted by molar-refractivity contribution is 8.26. The minimum Gasteiger partial charge on any atom is -0.493 e. The molecule has 0 radical (unpaired) electrons. The van der Waals surface area contributed by atoms with Gasteiger partial charge in [0.15, 0.2) is 17.3 Å². The van der Waals surface area contributed by atoms with E-state index in [9.17, 15) is 4.79 Å². The van der Waals surface area contributed by atoms with Gasteiger partial charge in [-0.2, -0.15) is 15.1 Å². The average Bonchev–Trinajstić information content (AvgIpc) is 3.20. The molecular formula is C24H24N4O3S. The van der Waals surface area contributed by atoms with Crippen LogP contribution in [0.15, 0.2) is 64.2 Å². The Morgan fingerprint density at radius 1 is 1.19 bits per heavy atom. The van der Waals surface area contributed by atoms with E-state index >= 15 is 0 Å². The van der Waals surface area contributed by atoms with Crippen LogP contribution in [0.4, 0.5) is 0 Å². The summed E-state index contributed by atoms with van der Waals surface area (Å²) in [6, 6.07) is 15.3. The summed E-state index contributed by atoms with van der Waals surface area (Å²) in [5.41, 5.74) is 1.95. The molecule has 0 fully saturated rings. The lowest BCUT2D eigenvalue weighted by Gasteiger charge is -2.20. The molecule has 1 amide bonds. The van der Waals surface area contributed by atoms with Crippen molar-refractivity contribution in [3.63, 3.8) is 0 Å². The van der Waals surface area contributed by atoms with Crippen molar-refractivity contribution < 1.29 is 14.3 Å². The van der Waals surface area contributed by atoms with E-state index in [0.29, 0.717) is 22.2 Å². The molecule has 164 valence electrons. The van der Waals surface area contributed by atoms with Gasteiger partial charge in [-0.1, -0.05) is 43.3 Å². The number of fused-ring (bicyclic) bond motifs is 1. The maximum Gasteiger partial charge on any atom is 0.283 e. The molecule has 32 heavy (non-hydrogen) atoms. The standard InChI is InChI=1S/C24H24N4O3S/c1-4-8-21-27-28-22(25)18(23(29)26-24(28)32-21)13-16-11-12-19(20(14-16)30-3)31-15(2)17-9-6-5-7-10-17/h5-7,9-15,25H,4,8H2,1-3H3/b18-13-,25-22?/t15-/m1/s1. The van der Waals surface area contributed by atoms with Crippen molar-refractivity contribution >= 4 is 39.8 Å². The van der Waals surface area contributed by atoms with Crippen LogP contribution in [0.1, 0.15) is 43.9 Å². The number of ether oxygens (including phenoxy) is 2. The number of hydrogen-bond acceptors (Lipinski definition) is 6. The average molecular weight is 449 g/mol. The molecule has 0 spiro atoms. The van der Waals surface area contributed by atoms with Gasteiger partial charge in [0, 0.05) is 0 Å². The SMILES string of the molecule is CCCC1=NN2C(=N)/C(=C/c3ccc(O[C@H](C)c4ccccc4)c(OC)c3)C(=O)N=C2S1. The minimum absolute atomic E-state index is 0.0237. The lowest BCUT2D eigenvalue weighted by atomic mass is 10.1. The molecule has 1 atom stereocenters. The van der Waals surface area contributed by atoms with Crippen molar-refractivity contribution in [3.05, 3.63) is 65.2 Å². The second-order valence-electron chi connectivity index (χ2n) is 7.34. The molecule has 0 saturated heterocycles. The molecule has 0 unspecified atom stereocenters. The molecule has 8 heteroatoms. The molecule has 0 aliphatic carbocycles. The fourth-order valence-corrected chi connectivity index (χ4v) is 4.35. The Labute approximate surface area is 191 Å². The zero-order valence-corrected chi connectivity index (χ0v) is 19.0. The Kier molecular flexibility index (Phi) is 6.41. The molecule has 7 nitrogen and oxygen atoms in total. The fourth-order valence-electron chi connectivity index (χ4n) is 3.37. The molecule has 2 aromatic carbocycles. The molecule has 0 bridgehead atoms. The fraction of sp³-hybridized carbons (Fsp3) is 0.250. The van der Waals surface area contributed by atoms with Crippen LogP contribution in [0.3, 0.4) is 0 Å². The monoisotopic (exact) mass is 448 g/mol. The number of benzene rings is 2. The van der Waals surface area contributed by atoms with Crippen LogP contribution >= 0.6 is 11.8 Å². The van der Waals surface area contributed by atoms with Crippen LogP contribution in [0.2, 0.25) is 0 Å². The number of nitrogens with zero attached hydrogens (tertiary/aromatic N) is 3. The van der Waals surface area contributed by atoms with Gasteiger partial charge in [0.05, 0.1) is 12.7 Å². The first kappa shape index (κ1) is 21.8. The third-order valence-corrected chi connectivity index (χ3v) is 6.00. The number of amidine groups is 2. The van der Waals surface area contributed by atoms with E-state index in [1.165, 1.54) is 16.8 Å². The Morgan fingerprint density at radius 3 is 2.69 bits per heavy atom. The third kappa shape index (κ3) is 4.45. The molecule has 0 saturated carbocycles. The number of nitrogens with one attached hydrogen (secondary N) is 1. The quantitative estimate of drug-likeness (QED) is 0.584. The zero-order chi connectivity index (χ0) is 22.7. The lowest BCUT2D eigenvalue weighted by Crippen LogP contribution is -2.35. The van der Waals surface area contributed by atoms with E-state index in [4.69, 9.17) is 14.9 Å². The molecule has 4 rings (SSSR count). The summed E-state index contributed by atoms with van der Waals surface area (Å²) in [6.45, 7) is 4.04. The maximum absolute atomic E-state index is 12.6. The number of rotatable bonds is 7. The van der Waals surface area contributed by atoms with Crippen molar-refractivity contribution in [1.82, 2.24) is 5.01 Å². The number of carbonyl (C=O) groups excluding carboxylic acids is 1. The van der Waals surface area contributed by atoms with Crippen LogP contribution in [-0.4, -0.2) is 34.1 Å². The van der Waals surface area contributed by atoms with Crippen LogP contribution in [0.5, 0.6) is 11.5 Å². The van der Waals surface area contributed by atoms with Crippen LogP contribution in [0.25, 0.3) is 6.08 Å². The van der Waals surface area contributed by atoms with Crippen LogP contribution < -0.4 is 9.47 Å². The number of amides is 1. The highest BCUT2D eigenvalue weighted by atomic mass is 32.2. The van der Waals surface area contributed by atoms with Gasteiger partial charge < -0.3 is 9.47 Å². The largest absolute Gasteiger partial charge is 0.493 e. The summed E-state index contributed by atoms with van der Waals surface area (Å²) >= 11 is 1.35. The first-order valence-electron chi connectivity index (χ1n) is 10.4. The summed E-state index contributed by atoms with van der Waals surface area (Å²) in [4.78, 5) is 16.7. The van der Waals surface area contributed by atoms with Crippen molar-refractivity contribution in [2.75, 3.05) is 7.11 Å². The van der Waals surface area contributed by atoms with Gasteiger partial charge in [-0.3, -0.25) is 10.2 Å². The van der Waals surface area contributed by atoms with Crippen LogP contribution in [0, 0.1) is 5.41 Å². The highest BCUT2D eigenvalue weighted by Gasteiger charge is 2.35. The third-order valence-electron chi connectivity index (χ3n) is 5.03. The van der Waals surface area contributed by atoms with E-state index < -0.39 is 5.91 Å². The second kappa shape index (κ2) is 9.40. The summed E-state index contributed by atoms with van der Waals surface area (Å²) in [5.74, 6) is 0.719. The Morgan fingerprint density at radius 2 is 1.97 bits per heavy atom. The smallest absolute Gasteiger partial charge is 0.283 e. The molecule has 2 heterocycles. The summed E-state index contributed by atoms with van der Waals surface area (Å²) in [7, 11) is 1.57. The van der Waals surface area contributed by atoms with Gasteiger partial charge in [-0.15, -0.1) is 0 Å². The van der Waals surface area contributed by atoms with Crippen LogP contribution in [-0.2, 0) is 4.79 Å². The van der Waals surface area contributed by atoms with E-state index in [1.807, 2.05) is 43.3 Å². The molecule has 2 aromatic rings. The molecular weight excluding hydrogens is 424 g/mol. The maximum atomic E-state index is 12.6. The van der Waals surface area contributed by atoms with Gasteiger partial charge in [0.2, 0.25) is 5.17 Å². The number of thioether (sulfide) groups is 1. The Balaban J connectivity index is 1.58. The first-order chi connectivity index (χ1) is 15.5. The highest BCUT2D eigenvalue weighted by Crippen LogP contribution is 2.34. The molecule has 1 N–H and O–H groups in total. The van der Waals surface area contributed by atoms with Crippen molar-refractivity contribution in [2.45, 2.75) is 32.8 Å². The predicted octanol–water partition coefficient (Wildman–Crippen LogP) is 5.25. The summed E-state index contributed by atoms with van der Waals surface area (Å²) in [5, 5.41) is 15.7. The number of hydrogen-bond donors (Lipinski definition) is 1. The van der Waals surface area contributed by atoms with E-state index in [0.717, 1.165) is 23.4 Å². The predicted molar refractivity (Wildman–Crippen MR) is 128 cm³/mol. The number of carbonyl (C=O) groups is 1. The van der Waals surface area contributed by atoms with Gasteiger partial charge in [0.25, 0.3) is 5.91 Å². The van der Waals surface area contributed by atoms with Crippen molar-refractivity contribution in [2.24, 2.45) is 10.1 Å². The lowest BCUT2D eigenvalue weighted by molar-refractivity contribution is -0.114. The molecule has 2 aliphatic rings. The molecule has 2 aliphatic heterocycles. The summed E-state index contributed by atoms with van der Waals surface area (Å²) in [6.07, 6.45) is 3.21. The zero-order valence-electron chi connectivity index (χ0n) is 18.2. The number of hydrazone groups is 1. The van der Waals surface area contributed by atoms with E-state index in [1.54, 1.807) is 25.3 Å². The Hall–Kier alpha value is -3.39. The van der Waals surface area contributed by atoms with Gasteiger partial charge >= 0.3 is 0 Å². The second-order valence-corrected chi connectivity index (χ2v) is 8.39. The first-order valence-corrected chi connectivity index (χ1v) is 11.2. The minimum atomic E-state index is -0.446. The van der Waals surface area contributed by atoms with Gasteiger partial charge in [0.1, 0.15) is 11.1 Å². The van der Waals surface area contributed by atoms with E-state index in [2.05, 4.69) is 17.0 Å². The van der Waals surface area contributed by atoms with Crippen molar-refractivity contribution in [1.29, 1.82) is 5.41 Å². The topological polar surface area (TPSA) is 87.3 Å². The van der Waals surface area contributed by atoms with Gasteiger partial charge in [-0.05, 0) is 60.9 Å². The number of methoxy groups -OCH3 is 1. The van der Waals surface area contributed by atoms with E-state index in [-0.39, 0.29) is 17.5 Å². The summed E-state index contributed by atoms with van der Waals surface area (Å²) < 4.78 is 11.6. The number of aliphatic imine (C=N–C) groups is 1.